The zero-order valence-electron chi connectivity index (χ0n) is 12.6. The van der Waals surface area contributed by atoms with Gasteiger partial charge in [-0.3, -0.25) is 9.59 Å². The van der Waals surface area contributed by atoms with Gasteiger partial charge in [-0.2, -0.15) is 0 Å². The first-order chi connectivity index (χ1) is 11.3. The molecule has 1 atom stereocenters. The van der Waals surface area contributed by atoms with E-state index in [0.717, 1.165) is 11.6 Å². The molecule has 126 valence electrons. The number of hydrogen-bond acceptors (Lipinski definition) is 2. The summed E-state index contributed by atoms with van der Waals surface area (Å²) >= 11 is 5.79. The van der Waals surface area contributed by atoms with Crippen molar-refractivity contribution in [3.05, 3.63) is 70.2 Å². The molecule has 2 aromatic rings. The van der Waals surface area contributed by atoms with E-state index in [1.165, 1.54) is 6.07 Å². The Bertz CT molecular complexity index is 751. The molecule has 0 fully saturated rings. The molecule has 7 heteroatoms. The van der Waals surface area contributed by atoms with E-state index in [0.29, 0.717) is 11.1 Å². The smallest absolute Gasteiger partial charge is 0.240 e. The van der Waals surface area contributed by atoms with E-state index >= 15 is 0 Å². The van der Waals surface area contributed by atoms with Crippen molar-refractivity contribution in [3.63, 3.8) is 0 Å². The molecule has 24 heavy (non-hydrogen) atoms. The Balaban J connectivity index is 2.02. The van der Waals surface area contributed by atoms with Gasteiger partial charge in [0.15, 0.2) is 0 Å². The first-order valence-electron chi connectivity index (χ1n) is 7.12. The van der Waals surface area contributed by atoms with Gasteiger partial charge in [0, 0.05) is 17.5 Å². The van der Waals surface area contributed by atoms with Gasteiger partial charge in [0.2, 0.25) is 11.8 Å². The summed E-state index contributed by atoms with van der Waals surface area (Å²) < 4.78 is 26.4. The molecule has 2 rings (SSSR count). The van der Waals surface area contributed by atoms with Gasteiger partial charge in [0.05, 0.1) is 6.42 Å². The standard InChI is InChI=1S/C17H15ClF2N2O2/c18-12-4-1-10(2-5-12)7-15(17(21)24)22-16(23)8-11-3-6-13(19)9-14(11)20/h1-6,9,15H,7-8H2,(H2,21,24)(H,22,23)/t15-/m0/s1. The highest BCUT2D eigenvalue weighted by Crippen LogP contribution is 2.12. The van der Waals surface area contributed by atoms with E-state index in [9.17, 15) is 18.4 Å². The largest absolute Gasteiger partial charge is 0.368 e. The number of hydrogen-bond donors (Lipinski definition) is 2. The van der Waals surface area contributed by atoms with E-state index < -0.39 is 29.5 Å². The summed E-state index contributed by atoms with van der Waals surface area (Å²) in [7, 11) is 0. The van der Waals surface area contributed by atoms with Crippen molar-refractivity contribution in [1.82, 2.24) is 5.32 Å². The Labute approximate surface area is 142 Å². The molecule has 0 aliphatic rings. The third-order valence-electron chi connectivity index (χ3n) is 3.40. The fourth-order valence-corrected chi connectivity index (χ4v) is 2.29. The molecule has 0 heterocycles. The van der Waals surface area contributed by atoms with Crippen LogP contribution in [0.2, 0.25) is 5.02 Å². The molecule has 2 aromatic carbocycles. The molecule has 0 aromatic heterocycles. The molecule has 0 radical (unpaired) electrons. The Morgan fingerprint density at radius 2 is 1.79 bits per heavy atom. The summed E-state index contributed by atoms with van der Waals surface area (Å²) in [5.74, 6) is -2.84. The summed E-state index contributed by atoms with van der Waals surface area (Å²) in [6, 6.07) is 8.74. The number of primary amides is 1. The minimum Gasteiger partial charge on any atom is -0.368 e. The molecule has 0 bridgehead atoms. The number of carbonyl (C=O) groups is 2. The van der Waals surface area contributed by atoms with Crippen LogP contribution in [0.25, 0.3) is 0 Å². The molecular formula is C17H15ClF2N2O2. The molecule has 3 N–H and O–H groups in total. The summed E-state index contributed by atoms with van der Waals surface area (Å²) in [5, 5.41) is 3.01. The van der Waals surface area contributed by atoms with Crippen LogP contribution in [-0.2, 0) is 22.4 Å². The fraction of sp³-hybridized carbons (Fsp3) is 0.176. The van der Waals surface area contributed by atoms with Crippen molar-refractivity contribution in [3.8, 4) is 0 Å². The third kappa shape index (κ3) is 5.03. The SMILES string of the molecule is NC(=O)[C@H](Cc1ccc(Cl)cc1)NC(=O)Cc1ccc(F)cc1F. The van der Waals surface area contributed by atoms with Crippen molar-refractivity contribution in [2.24, 2.45) is 5.73 Å². The topological polar surface area (TPSA) is 72.2 Å². The quantitative estimate of drug-likeness (QED) is 0.837. The van der Waals surface area contributed by atoms with Gasteiger partial charge in [0.25, 0.3) is 0 Å². The second-order valence-electron chi connectivity index (χ2n) is 5.27. The van der Waals surface area contributed by atoms with E-state index in [-0.39, 0.29) is 18.4 Å². The maximum absolute atomic E-state index is 13.6. The van der Waals surface area contributed by atoms with Crippen LogP contribution in [0.5, 0.6) is 0 Å². The van der Waals surface area contributed by atoms with Gasteiger partial charge < -0.3 is 11.1 Å². The first-order valence-corrected chi connectivity index (χ1v) is 7.50. The Morgan fingerprint density at radius 3 is 2.38 bits per heavy atom. The molecule has 0 unspecified atom stereocenters. The van der Waals surface area contributed by atoms with Crippen LogP contribution < -0.4 is 11.1 Å². The molecule has 0 aliphatic carbocycles. The highest BCUT2D eigenvalue weighted by molar-refractivity contribution is 6.30. The predicted octanol–water partition coefficient (Wildman–Crippen LogP) is 2.37. The summed E-state index contributed by atoms with van der Waals surface area (Å²) in [6.45, 7) is 0. The Hall–Kier alpha value is -2.47. The van der Waals surface area contributed by atoms with Gasteiger partial charge in [-0.1, -0.05) is 29.8 Å². The lowest BCUT2D eigenvalue weighted by Crippen LogP contribution is -2.46. The lowest BCUT2D eigenvalue weighted by molar-refractivity contribution is -0.127. The van der Waals surface area contributed by atoms with Gasteiger partial charge in [-0.05, 0) is 29.3 Å². The van der Waals surface area contributed by atoms with Gasteiger partial charge in [-0.25, -0.2) is 8.78 Å². The predicted molar refractivity (Wildman–Crippen MR) is 86.3 cm³/mol. The third-order valence-corrected chi connectivity index (χ3v) is 3.65. The summed E-state index contributed by atoms with van der Waals surface area (Å²) in [4.78, 5) is 23.5. The lowest BCUT2D eigenvalue weighted by atomic mass is 10.0. The van der Waals surface area contributed by atoms with Crippen LogP contribution in [0.15, 0.2) is 42.5 Å². The fourth-order valence-electron chi connectivity index (χ4n) is 2.16. The minimum atomic E-state index is -0.942. The Morgan fingerprint density at radius 1 is 1.12 bits per heavy atom. The number of carbonyl (C=O) groups excluding carboxylic acids is 2. The van der Waals surface area contributed by atoms with Gasteiger partial charge in [-0.15, -0.1) is 0 Å². The van der Waals surface area contributed by atoms with E-state index in [1.807, 2.05) is 0 Å². The van der Waals surface area contributed by atoms with E-state index in [1.54, 1.807) is 24.3 Å². The number of benzene rings is 2. The molecule has 2 amide bonds. The summed E-state index contributed by atoms with van der Waals surface area (Å²) in [6.07, 6.45) is -0.138. The number of rotatable bonds is 6. The number of halogens is 3. The second kappa shape index (κ2) is 7.88. The molecule has 0 spiro atoms. The maximum atomic E-state index is 13.6. The van der Waals surface area contributed by atoms with Gasteiger partial charge >= 0.3 is 0 Å². The van der Waals surface area contributed by atoms with Crippen LogP contribution in [0.3, 0.4) is 0 Å². The maximum Gasteiger partial charge on any atom is 0.240 e. The molecule has 0 saturated heterocycles. The average molecular weight is 353 g/mol. The summed E-state index contributed by atoms with van der Waals surface area (Å²) in [5.41, 5.74) is 6.09. The monoisotopic (exact) mass is 352 g/mol. The minimum absolute atomic E-state index is 0.0311. The van der Waals surface area contributed by atoms with Gasteiger partial charge in [0.1, 0.15) is 17.7 Å². The highest BCUT2D eigenvalue weighted by atomic mass is 35.5. The van der Waals surface area contributed by atoms with Crippen molar-refractivity contribution in [1.29, 1.82) is 0 Å². The number of nitrogens with one attached hydrogen (secondary N) is 1. The van der Waals surface area contributed by atoms with Crippen LogP contribution >= 0.6 is 11.6 Å². The van der Waals surface area contributed by atoms with E-state index in [4.69, 9.17) is 17.3 Å². The average Bonchev–Trinajstić information content (AvgIpc) is 2.51. The number of nitrogens with two attached hydrogens (primary N) is 1. The van der Waals surface area contributed by atoms with Crippen LogP contribution in [0.1, 0.15) is 11.1 Å². The molecule has 0 saturated carbocycles. The highest BCUT2D eigenvalue weighted by Gasteiger charge is 2.19. The zero-order chi connectivity index (χ0) is 17.7. The Kier molecular flexibility index (Phi) is 5.87. The molecule has 4 nitrogen and oxygen atoms in total. The molecule has 0 aliphatic heterocycles. The van der Waals surface area contributed by atoms with Crippen molar-refractivity contribution < 1.29 is 18.4 Å². The van der Waals surface area contributed by atoms with Crippen LogP contribution in [0.4, 0.5) is 8.78 Å². The van der Waals surface area contributed by atoms with Crippen LogP contribution in [-0.4, -0.2) is 17.9 Å². The van der Waals surface area contributed by atoms with Crippen molar-refractivity contribution in [2.75, 3.05) is 0 Å². The van der Waals surface area contributed by atoms with E-state index in [2.05, 4.69) is 5.32 Å². The second-order valence-corrected chi connectivity index (χ2v) is 5.70. The first kappa shape index (κ1) is 17.9. The normalized spacial score (nSPS) is 11.8. The lowest BCUT2D eigenvalue weighted by Gasteiger charge is -2.16. The molecular weight excluding hydrogens is 338 g/mol. The van der Waals surface area contributed by atoms with Crippen molar-refractivity contribution >= 4 is 23.4 Å². The number of amides is 2. The van der Waals surface area contributed by atoms with Crippen molar-refractivity contribution in [2.45, 2.75) is 18.9 Å². The van der Waals surface area contributed by atoms with Crippen LogP contribution in [0, 0.1) is 11.6 Å². The zero-order valence-corrected chi connectivity index (χ0v) is 13.3.